The predicted molar refractivity (Wildman–Crippen MR) is 80.7 cm³/mol. The van der Waals surface area contributed by atoms with Crippen LogP contribution < -0.4 is 5.32 Å². The Morgan fingerprint density at radius 1 is 1.50 bits per heavy atom. The number of fused-ring (bicyclic) bond motifs is 1. The molecule has 0 fully saturated rings. The Morgan fingerprint density at radius 3 is 3.00 bits per heavy atom. The minimum Gasteiger partial charge on any atom is -0.308 e. The summed E-state index contributed by atoms with van der Waals surface area (Å²) in [5.74, 6) is 1.18. The fourth-order valence-corrected chi connectivity index (χ4v) is 3.36. The average molecular weight is 285 g/mol. The number of thioether (sulfide) groups is 1. The number of rotatable bonds is 4. The van der Waals surface area contributed by atoms with Crippen molar-refractivity contribution in [2.75, 3.05) is 26.4 Å². The van der Waals surface area contributed by atoms with Crippen LogP contribution >= 0.6 is 23.4 Å². The fourth-order valence-electron chi connectivity index (χ4n) is 2.07. The molecule has 2 nitrogen and oxygen atoms in total. The van der Waals surface area contributed by atoms with Gasteiger partial charge in [0, 0.05) is 28.5 Å². The molecular weight excluding hydrogens is 264 g/mol. The van der Waals surface area contributed by atoms with Gasteiger partial charge in [-0.2, -0.15) is 0 Å². The predicted octanol–water partition coefficient (Wildman–Crippen LogP) is 3.42. The number of hydrogen-bond acceptors (Lipinski definition) is 3. The SMILES string of the molecule is CC(CNC1CCSc2ccc(Cl)cc21)N(C)C. The van der Waals surface area contributed by atoms with Gasteiger partial charge in [0.2, 0.25) is 0 Å². The second-order valence-electron chi connectivity index (χ2n) is 5.09. The maximum Gasteiger partial charge on any atom is 0.0410 e. The number of halogens is 1. The molecule has 2 unspecified atom stereocenters. The molecule has 2 atom stereocenters. The molecule has 1 heterocycles. The minimum absolute atomic E-state index is 0.447. The van der Waals surface area contributed by atoms with E-state index < -0.39 is 0 Å². The van der Waals surface area contributed by atoms with Crippen LogP contribution in [0.3, 0.4) is 0 Å². The van der Waals surface area contributed by atoms with Crippen LogP contribution in [0.15, 0.2) is 23.1 Å². The first-order valence-corrected chi connectivity index (χ1v) is 7.76. The molecule has 1 aliphatic rings. The van der Waals surface area contributed by atoms with Crippen molar-refractivity contribution in [3.8, 4) is 0 Å². The zero-order valence-electron chi connectivity index (χ0n) is 11.2. The van der Waals surface area contributed by atoms with Crippen molar-refractivity contribution >= 4 is 23.4 Å². The van der Waals surface area contributed by atoms with Crippen LogP contribution in [0.1, 0.15) is 24.9 Å². The summed E-state index contributed by atoms with van der Waals surface area (Å²) in [6, 6.07) is 7.23. The Bertz CT molecular complexity index is 409. The highest BCUT2D eigenvalue weighted by atomic mass is 35.5. The quantitative estimate of drug-likeness (QED) is 0.912. The molecule has 0 saturated heterocycles. The molecule has 4 heteroatoms. The molecule has 0 spiro atoms. The van der Waals surface area contributed by atoms with Gasteiger partial charge < -0.3 is 10.2 Å². The van der Waals surface area contributed by atoms with Crippen LogP contribution in [0.5, 0.6) is 0 Å². The van der Waals surface area contributed by atoms with E-state index in [1.807, 2.05) is 17.8 Å². The first-order chi connectivity index (χ1) is 8.58. The van der Waals surface area contributed by atoms with Crippen molar-refractivity contribution < 1.29 is 0 Å². The van der Waals surface area contributed by atoms with Crippen molar-refractivity contribution in [2.45, 2.75) is 30.3 Å². The van der Waals surface area contributed by atoms with Gasteiger partial charge in [-0.15, -0.1) is 11.8 Å². The normalized spacial score (nSPS) is 20.8. The third kappa shape index (κ3) is 3.41. The van der Waals surface area contributed by atoms with E-state index in [1.54, 1.807) is 0 Å². The molecule has 0 aliphatic carbocycles. The van der Waals surface area contributed by atoms with Gasteiger partial charge >= 0.3 is 0 Å². The van der Waals surface area contributed by atoms with Gasteiger partial charge in [0.1, 0.15) is 0 Å². The van der Waals surface area contributed by atoms with E-state index in [1.165, 1.54) is 22.6 Å². The Morgan fingerprint density at radius 2 is 2.28 bits per heavy atom. The van der Waals surface area contributed by atoms with Crippen LogP contribution in [0.4, 0.5) is 0 Å². The van der Waals surface area contributed by atoms with E-state index in [9.17, 15) is 0 Å². The molecule has 1 aromatic carbocycles. The van der Waals surface area contributed by atoms with E-state index in [0.29, 0.717) is 12.1 Å². The van der Waals surface area contributed by atoms with Crippen molar-refractivity contribution in [1.82, 2.24) is 10.2 Å². The summed E-state index contributed by atoms with van der Waals surface area (Å²) in [4.78, 5) is 3.62. The number of nitrogens with one attached hydrogen (secondary N) is 1. The molecule has 0 aromatic heterocycles. The molecule has 1 N–H and O–H groups in total. The summed E-state index contributed by atoms with van der Waals surface area (Å²) < 4.78 is 0. The Labute approximate surface area is 119 Å². The highest BCUT2D eigenvalue weighted by Crippen LogP contribution is 2.37. The third-order valence-electron chi connectivity index (χ3n) is 3.55. The summed E-state index contributed by atoms with van der Waals surface area (Å²) in [5.41, 5.74) is 1.37. The monoisotopic (exact) mass is 284 g/mol. The summed E-state index contributed by atoms with van der Waals surface area (Å²) in [5, 5.41) is 4.51. The van der Waals surface area contributed by atoms with E-state index in [-0.39, 0.29) is 0 Å². The van der Waals surface area contributed by atoms with E-state index in [0.717, 1.165) is 11.6 Å². The lowest BCUT2D eigenvalue weighted by molar-refractivity contribution is 0.291. The summed E-state index contributed by atoms with van der Waals surface area (Å²) >= 11 is 8.04. The lowest BCUT2D eigenvalue weighted by Gasteiger charge is -2.29. The van der Waals surface area contributed by atoms with Crippen LogP contribution in [-0.2, 0) is 0 Å². The molecule has 0 bridgehead atoms. The van der Waals surface area contributed by atoms with Gasteiger partial charge in [0.25, 0.3) is 0 Å². The summed E-state index contributed by atoms with van der Waals surface area (Å²) in [7, 11) is 4.24. The first kappa shape index (κ1) is 14.2. The van der Waals surface area contributed by atoms with Crippen molar-refractivity contribution in [1.29, 1.82) is 0 Å². The molecule has 2 rings (SSSR count). The molecule has 0 radical (unpaired) electrons. The average Bonchev–Trinajstić information content (AvgIpc) is 2.35. The van der Waals surface area contributed by atoms with E-state index >= 15 is 0 Å². The lowest BCUT2D eigenvalue weighted by atomic mass is 10.0. The van der Waals surface area contributed by atoms with Crippen molar-refractivity contribution in [3.63, 3.8) is 0 Å². The van der Waals surface area contributed by atoms with Gasteiger partial charge in [0.05, 0.1) is 0 Å². The first-order valence-electron chi connectivity index (χ1n) is 6.40. The van der Waals surface area contributed by atoms with E-state index in [2.05, 4.69) is 43.4 Å². The fraction of sp³-hybridized carbons (Fsp3) is 0.571. The zero-order chi connectivity index (χ0) is 13.1. The Hall–Kier alpha value is -0.220. The highest BCUT2D eigenvalue weighted by molar-refractivity contribution is 7.99. The number of nitrogens with zero attached hydrogens (tertiary/aromatic N) is 1. The second kappa shape index (κ2) is 6.29. The number of benzene rings is 1. The third-order valence-corrected chi connectivity index (χ3v) is 4.91. The maximum atomic E-state index is 6.11. The molecule has 18 heavy (non-hydrogen) atoms. The minimum atomic E-state index is 0.447. The van der Waals surface area contributed by atoms with Gasteiger partial charge in [-0.05, 0) is 57.0 Å². The van der Waals surface area contributed by atoms with E-state index in [4.69, 9.17) is 11.6 Å². The number of likely N-dealkylation sites (N-methyl/N-ethyl adjacent to an activating group) is 1. The van der Waals surface area contributed by atoms with Crippen molar-refractivity contribution in [3.05, 3.63) is 28.8 Å². The molecule has 100 valence electrons. The topological polar surface area (TPSA) is 15.3 Å². The van der Waals surface area contributed by atoms with Crippen LogP contribution in [0, 0.1) is 0 Å². The van der Waals surface area contributed by atoms with Gasteiger partial charge in [0.15, 0.2) is 0 Å². The highest BCUT2D eigenvalue weighted by Gasteiger charge is 2.21. The van der Waals surface area contributed by atoms with Crippen LogP contribution in [-0.4, -0.2) is 37.3 Å². The number of hydrogen-bond donors (Lipinski definition) is 1. The molecular formula is C14H21ClN2S. The second-order valence-corrected chi connectivity index (χ2v) is 6.67. The molecule has 0 amide bonds. The summed E-state index contributed by atoms with van der Waals surface area (Å²) in [6.07, 6.45) is 1.18. The maximum absolute atomic E-state index is 6.11. The van der Waals surface area contributed by atoms with Gasteiger partial charge in [-0.3, -0.25) is 0 Å². The molecule has 0 saturated carbocycles. The van der Waals surface area contributed by atoms with Crippen LogP contribution in [0.25, 0.3) is 0 Å². The van der Waals surface area contributed by atoms with Crippen LogP contribution in [0.2, 0.25) is 5.02 Å². The molecule has 1 aliphatic heterocycles. The Balaban J connectivity index is 2.05. The lowest BCUT2D eigenvalue weighted by Crippen LogP contribution is -2.37. The zero-order valence-corrected chi connectivity index (χ0v) is 12.8. The Kier molecular flexibility index (Phi) is 4.96. The summed E-state index contributed by atoms with van der Waals surface area (Å²) in [6.45, 7) is 3.25. The van der Waals surface area contributed by atoms with Gasteiger partial charge in [-0.1, -0.05) is 11.6 Å². The van der Waals surface area contributed by atoms with Crippen molar-refractivity contribution in [2.24, 2.45) is 0 Å². The smallest absolute Gasteiger partial charge is 0.0410 e. The largest absolute Gasteiger partial charge is 0.308 e. The molecule has 1 aromatic rings. The van der Waals surface area contributed by atoms with Gasteiger partial charge in [-0.25, -0.2) is 0 Å². The standard InChI is InChI=1S/C14H21ClN2S/c1-10(17(2)3)9-16-13-6-7-18-14-5-4-11(15)8-12(13)14/h4-5,8,10,13,16H,6-7,9H2,1-3H3.